The van der Waals surface area contributed by atoms with Crippen LogP contribution in [-0.4, -0.2) is 16.1 Å². The Morgan fingerprint density at radius 3 is 2.24 bits per heavy atom. The Labute approximate surface area is 145 Å². The van der Waals surface area contributed by atoms with Gasteiger partial charge in [0.2, 0.25) is 5.91 Å². The van der Waals surface area contributed by atoms with Crippen LogP contribution in [0.15, 0.2) is 66.7 Å². The number of anilines is 3. The molecule has 0 bridgehead atoms. The van der Waals surface area contributed by atoms with Crippen LogP contribution in [0.1, 0.15) is 11.1 Å². The van der Waals surface area contributed by atoms with E-state index in [1.165, 1.54) is 0 Å². The fourth-order valence-corrected chi connectivity index (χ4v) is 2.21. The molecule has 122 valence electrons. The zero-order chi connectivity index (χ0) is 17.5. The van der Waals surface area contributed by atoms with Crippen LogP contribution in [0.25, 0.3) is 0 Å². The predicted octanol–water partition coefficient (Wildman–Crippen LogP) is 3.27. The molecule has 0 saturated heterocycles. The monoisotopic (exact) mass is 329 g/mol. The van der Waals surface area contributed by atoms with E-state index in [9.17, 15) is 4.79 Å². The summed E-state index contributed by atoms with van der Waals surface area (Å²) in [6.07, 6.45) is 0.285. The maximum atomic E-state index is 12.0. The van der Waals surface area contributed by atoms with Gasteiger partial charge >= 0.3 is 0 Å². The molecule has 1 aromatic heterocycles. The molecule has 25 heavy (non-hydrogen) atoms. The van der Waals surface area contributed by atoms with E-state index in [0.29, 0.717) is 17.2 Å². The minimum atomic E-state index is -0.145. The molecule has 0 atom stereocenters. The minimum Gasteiger partial charge on any atom is -0.339 e. The summed E-state index contributed by atoms with van der Waals surface area (Å²) in [5.41, 5.74) is 2.33. The van der Waals surface area contributed by atoms with Gasteiger partial charge in [0.1, 0.15) is 0 Å². The molecule has 6 heteroatoms. The van der Waals surface area contributed by atoms with Gasteiger partial charge < -0.3 is 10.6 Å². The zero-order valence-corrected chi connectivity index (χ0v) is 13.3. The molecule has 0 unspecified atom stereocenters. The molecule has 0 saturated carbocycles. The van der Waals surface area contributed by atoms with E-state index in [2.05, 4.69) is 26.9 Å². The average molecular weight is 329 g/mol. The Bertz CT molecular complexity index is 884. The minimum absolute atomic E-state index is 0.145. The number of nitriles is 1. The fraction of sp³-hybridized carbons (Fsp3) is 0.0526. The Kier molecular flexibility index (Phi) is 4.98. The Morgan fingerprint density at radius 2 is 1.60 bits per heavy atom. The van der Waals surface area contributed by atoms with Crippen LogP contribution < -0.4 is 10.6 Å². The van der Waals surface area contributed by atoms with Gasteiger partial charge in [0, 0.05) is 5.69 Å². The highest BCUT2D eigenvalue weighted by molar-refractivity contribution is 5.91. The zero-order valence-electron chi connectivity index (χ0n) is 13.3. The lowest BCUT2D eigenvalue weighted by molar-refractivity contribution is -0.115. The first-order valence-corrected chi connectivity index (χ1v) is 7.67. The van der Waals surface area contributed by atoms with Crippen molar-refractivity contribution in [3.63, 3.8) is 0 Å². The van der Waals surface area contributed by atoms with Crippen molar-refractivity contribution in [1.82, 2.24) is 10.2 Å². The van der Waals surface area contributed by atoms with Crippen LogP contribution in [0.4, 0.5) is 17.3 Å². The highest BCUT2D eigenvalue weighted by Crippen LogP contribution is 2.15. The number of benzene rings is 2. The third-order valence-electron chi connectivity index (χ3n) is 3.43. The third-order valence-corrected chi connectivity index (χ3v) is 3.43. The molecule has 0 radical (unpaired) electrons. The van der Waals surface area contributed by atoms with E-state index in [0.717, 1.165) is 11.3 Å². The first-order valence-electron chi connectivity index (χ1n) is 7.67. The molecule has 0 fully saturated rings. The van der Waals surface area contributed by atoms with Gasteiger partial charge in [-0.2, -0.15) is 5.26 Å². The summed E-state index contributed by atoms with van der Waals surface area (Å²) in [5, 5.41) is 22.6. The number of hydrogen-bond donors (Lipinski definition) is 2. The number of amides is 1. The van der Waals surface area contributed by atoms with Gasteiger partial charge in [0.05, 0.1) is 18.1 Å². The van der Waals surface area contributed by atoms with Gasteiger partial charge in [0.15, 0.2) is 11.6 Å². The number of hydrogen-bond acceptors (Lipinski definition) is 5. The smallest absolute Gasteiger partial charge is 0.229 e. The van der Waals surface area contributed by atoms with E-state index in [4.69, 9.17) is 5.26 Å². The van der Waals surface area contributed by atoms with Crippen molar-refractivity contribution >= 4 is 23.2 Å². The second kappa shape index (κ2) is 7.70. The van der Waals surface area contributed by atoms with Crippen LogP contribution in [-0.2, 0) is 11.2 Å². The molecule has 0 aliphatic heterocycles. The average Bonchev–Trinajstić information content (AvgIpc) is 2.65. The molecule has 1 heterocycles. The predicted molar refractivity (Wildman–Crippen MR) is 95.2 cm³/mol. The van der Waals surface area contributed by atoms with Gasteiger partial charge in [-0.05, 0) is 42.0 Å². The molecule has 0 aliphatic rings. The highest BCUT2D eigenvalue weighted by Gasteiger charge is 2.05. The third kappa shape index (κ3) is 4.62. The maximum absolute atomic E-state index is 12.0. The molecule has 2 aromatic carbocycles. The molecular weight excluding hydrogens is 314 g/mol. The lowest BCUT2D eigenvalue weighted by Gasteiger charge is -2.07. The van der Waals surface area contributed by atoms with Crippen molar-refractivity contribution in [3.8, 4) is 6.07 Å². The van der Waals surface area contributed by atoms with E-state index >= 15 is 0 Å². The van der Waals surface area contributed by atoms with E-state index < -0.39 is 0 Å². The van der Waals surface area contributed by atoms with Gasteiger partial charge in [-0.15, -0.1) is 10.2 Å². The topological polar surface area (TPSA) is 90.7 Å². The lowest BCUT2D eigenvalue weighted by Crippen LogP contribution is -2.15. The van der Waals surface area contributed by atoms with Crippen LogP contribution in [0.3, 0.4) is 0 Å². The van der Waals surface area contributed by atoms with E-state index in [1.807, 2.05) is 30.3 Å². The Hall–Kier alpha value is -3.72. The normalized spacial score (nSPS) is 9.88. The molecule has 1 amide bonds. The van der Waals surface area contributed by atoms with Crippen LogP contribution in [0.5, 0.6) is 0 Å². The fourth-order valence-electron chi connectivity index (χ4n) is 2.21. The molecule has 3 rings (SSSR count). The van der Waals surface area contributed by atoms with Crippen molar-refractivity contribution in [3.05, 3.63) is 77.9 Å². The summed E-state index contributed by atoms with van der Waals surface area (Å²) in [5.74, 6) is 0.797. The van der Waals surface area contributed by atoms with Crippen molar-refractivity contribution < 1.29 is 4.79 Å². The van der Waals surface area contributed by atoms with Gasteiger partial charge in [-0.25, -0.2) is 0 Å². The van der Waals surface area contributed by atoms with Gasteiger partial charge in [-0.1, -0.05) is 30.3 Å². The van der Waals surface area contributed by atoms with Crippen LogP contribution >= 0.6 is 0 Å². The largest absolute Gasteiger partial charge is 0.339 e. The Balaban J connectivity index is 1.58. The summed E-state index contributed by atoms with van der Waals surface area (Å²) < 4.78 is 0. The number of rotatable bonds is 5. The molecule has 0 spiro atoms. The number of carbonyl (C=O) groups is 1. The van der Waals surface area contributed by atoms with Crippen LogP contribution in [0, 0.1) is 11.3 Å². The summed E-state index contributed by atoms with van der Waals surface area (Å²) in [4.78, 5) is 12.0. The van der Waals surface area contributed by atoms with Crippen molar-refractivity contribution in [1.29, 1.82) is 5.26 Å². The van der Waals surface area contributed by atoms with E-state index in [-0.39, 0.29) is 12.3 Å². The standard InChI is InChI=1S/C19H15N5O/c20-13-15-6-8-16(9-7-15)21-17-10-11-18(24-23-17)22-19(25)12-14-4-2-1-3-5-14/h1-11H,12H2,(H,21,23)(H,22,24,25). The first kappa shape index (κ1) is 16.1. The molecule has 3 aromatic rings. The molecular formula is C19H15N5O. The van der Waals surface area contributed by atoms with E-state index in [1.54, 1.807) is 36.4 Å². The molecule has 0 aliphatic carbocycles. The highest BCUT2D eigenvalue weighted by atomic mass is 16.1. The molecule has 2 N–H and O–H groups in total. The number of nitrogens with zero attached hydrogens (tertiary/aromatic N) is 3. The first-order chi connectivity index (χ1) is 12.2. The van der Waals surface area contributed by atoms with Crippen molar-refractivity contribution in [2.45, 2.75) is 6.42 Å². The Morgan fingerprint density at radius 1 is 0.920 bits per heavy atom. The summed E-state index contributed by atoms with van der Waals surface area (Å²) >= 11 is 0. The maximum Gasteiger partial charge on any atom is 0.229 e. The summed E-state index contributed by atoms with van der Waals surface area (Å²) in [6.45, 7) is 0. The van der Waals surface area contributed by atoms with Crippen molar-refractivity contribution in [2.75, 3.05) is 10.6 Å². The number of nitrogens with one attached hydrogen (secondary N) is 2. The molecule has 6 nitrogen and oxygen atoms in total. The number of aromatic nitrogens is 2. The quantitative estimate of drug-likeness (QED) is 0.749. The summed E-state index contributed by atoms with van der Waals surface area (Å²) in [6, 6.07) is 22.0. The van der Waals surface area contributed by atoms with Gasteiger partial charge in [0.25, 0.3) is 0 Å². The lowest BCUT2D eigenvalue weighted by atomic mass is 10.1. The van der Waals surface area contributed by atoms with Crippen molar-refractivity contribution in [2.24, 2.45) is 0 Å². The van der Waals surface area contributed by atoms with Gasteiger partial charge in [-0.3, -0.25) is 4.79 Å². The summed E-state index contributed by atoms with van der Waals surface area (Å²) in [7, 11) is 0. The second-order valence-electron chi connectivity index (χ2n) is 5.33. The second-order valence-corrected chi connectivity index (χ2v) is 5.33. The SMILES string of the molecule is N#Cc1ccc(Nc2ccc(NC(=O)Cc3ccccc3)nn2)cc1. The van der Waals surface area contributed by atoms with Crippen LogP contribution in [0.2, 0.25) is 0 Å². The number of carbonyl (C=O) groups excluding carboxylic acids is 1.